The predicted molar refractivity (Wildman–Crippen MR) is 99.7 cm³/mol. The van der Waals surface area contributed by atoms with Gasteiger partial charge in [-0.15, -0.1) is 0 Å². The fourth-order valence-electron chi connectivity index (χ4n) is 2.51. The molecule has 0 bridgehead atoms. The normalized spacial score (nSPS) is 13.0. The number of hydrogen-bond donors (Lipinski definition) is 2. The first-order valence-electron chi connectivity index (χ1n) is 8.18. The Bertz CT molecular complexity index is 889. The van der Waals surface area contributed by atoms with Crippen LogP contribution in [0.1, 0.15) is 42.8 Å². The highest BCUT2D eigenvalue weighted by atomic mass is 32.2. The lowest BCUT2D eigenvalue weighted by Crippen LogP contribution is -2.30. The molecule has 0 amide bonds. The zero-order valence-electron chi connectivity index (χ0n) is 15.2. The number of ether oxygens (including phenoxy) is 1. The average Bonchev–Trinajstić information content (AvgIpc) is 2.59. The second-order valence-corrected chi connectivity index (χ2v) is 8.04. The molecule has 0 saturated heterocycles. The van der Waals surface area contributed by atoms with Crippen LogP contribution in [0, 0.1) is 0 Å². The molecule has 0 heterocycles. The molecule has 26 heavy (non-hydrogen) atoms. The summed E-state index contributed by atoms with van der Waals surface area (Å²) in [7, 11) is -2.19. The molecule has 0 saturated carbocycles. The topological polar surface area (TPSA) is 92.7 Å². The maximum Gasteiger partial charge on any atom is 0.335 e. The Kier molecular flexibility index (Phi) is 6.17. The number of carboxylic acid groups (broad SMARTS) is 1. The van der Waals surface area contributed by atoms with E-state index in [2.05, 4.69) is 4.72 Å². The van der Waals surface area contributed by atoms with E-state index in [1.165, 1.54) is 12.1 Å². The van der Waals surface area contributed by atoms with E-state index in [-0.39, 0.29) is 22.6 Å². The van der Waals surface area contributed by atoms with E-state index < -0.39 is 16.0 Å². The van der Waals surface area contributed by atoms with E-state index in [0.29, 0.717) is 5.56 Å². The number of nitrogens with one attached hydrogen (secondary N) is 1. The summed E-state index contributed by atoms with van der Waals surface area (Å²) in [5, 5.41) is 9.35. The number of carbonyl (C=O) groups is 1. The molecule has 0 aliphatic rings. The van der Waals surface area contributed by atoms with Gasteiger partial charge in [0.25, 0.3) is 0 Å². The zero-order chi connectivity index (χ0) is 19.5. The predicted octanol–water partition coefficient (Wildman–Crippen LogP) is 3.45. The maximum absolute atomic E-state index is 12.5. The van der Waals surface area contributed by atoms with E-state index in [4.69, 9.17) is 4.74 Å². The van der Waals surface area contributed by atoms with Crippen LogP contribution < -0.4 is 4.72 Å². The Morgan fingerprint density at radius 2 is 1.65 bits per heavy atom. The van der Waals surface area contributed by atoms with Crippen LogP contribution in [0.3, 0.4) is 0 Å². The number of benzene rings is 2. The van der Waals surface area contributed by atoms with Crippen molar-refractivity contribution in [1.82, 2.24) is 4.72 Å². The fraction of sp³-hybridized carbons (Fsp3) is 0.316. The van der Waals surface area contributed by atoms with Gasteiger partial charge in [0.1, 0.15) is 0 Å². The standard InChI is InChI=1S/C19H23NO5S/c1-12(2)20-26(23,24)18-10-16(9-17(11-18)19(21)22)15-7-5-14(6-8-15)13(3)25-4/h5-13,20H,1-4H3,(H,21,22). The third-order valence-corrected chi connectivity index (χ3v) is 5.56. The molecule has 0 spiro atoms. The van der Waals surface area contributed by atoms with Crippen molar-refractivity contribution in [1.29, 1.82) is 0 Å². The minimum Gasteiger partial charge on any atom is -0.478 e. The highest BCUT2D eigenvalue weighted by Crippen LogP contribution is 2.27. The van der Waals surface area contributed by atoms with E-state index in [1.807, 2.05) is 31.2 Å². The third-order valence-electron chi connectivity index (χ3n) is 3.92. The van der Waals surface area contributed by atoms with Gasteiger partial charge in [-0.1, -0.05) is 24.3 Å². The highest BCUT2D eigenvalue weighted by molar-refractivity contribution is 7.89. The first-order valence-corrected chi connectivity index (χ1v) is 9.66. The number of methoxy groups -OCH3 is 1. The van der Waals surface area contributed by atoms with Crippen LogP contribution in [0.5, 0.6) is 0 Å². The minimum atomic E-state index is -3.80. The summed E-state index contributed by atoms with van der Waals surface area (Å²) in [6.45, 7) is 5.33. The minimum absolute atomic E-state index is 0.0689. The first-order chi connectivity index (χ1) is 12.1. The second-order valence-electron chi connectivity index (χ2n) is 6.33. The molecule has 2 aromatic rings. The Morgan fingerprint density at radius 1 is 1.04 bits per heavy atom. The molecular formula is C19H23NO5S. The summed E-state index contributed by atoms with van der Waals surface area (Å²) in [5.74, 6) is -1.18. The second kappa shape index (κ2) is 7.99. The van der Waals surface area contributed by atoms with Crippen LogP contribution >= 0.6 is 0 Å². The van der Waals surface area contributed by atoms with E-state index in [1.54, 1.807) is 21.0 Å². The van der Waals surface area contributed by atoms with Gasteiger partial charge >= 0.3 is 5.97 Å². The number of aromatic carboxylic acids is 1. The van der Waals surface area contributed by atoms with Crippen LogP contribution in [0.4, 0.5) is 0 Å². The lowest BCUT2D eigenvalue weighted by molar-refractivity contribution is 0.0696. The number of hydrogen-bond acceptors (Lipinski definition) is 4. The van der Waals surface area contributed by atoms with Gasteiger partial charge < -0.3 is 9.84 Å². The van der Waals surface area contributed by atoms with E-state index >= 15 is 0 Å². The molecule has 140 valence electrons. The van der Waals surface area contributed by atoms with Crippen molar-refractivity contribution in [3.63, 3.8) is 0 Å². The van der Waals surface area contributed by atoms with Gasteiger partial charge in [-0.05, 0) is 55.7 Å². The van der Waals surface area contributed by atoms with Crippen LogP contribution in [0.25, 0.3) is 11.1 Å². The molecule has 2 aromatic carbocycles. The molecule has 0 radical (unpaired) electrons. The molecule has 1 unspecified atom stereocenters. The van der Waals surface area contributed by atoms with Gasteiger partial charge in [-0.25, -0.2) is 17.9 Å². The average molecular weight is 377 g/mol. The Labute approximate surface area is 153 Å². The Hall–Kier alpha value is -2.22. The van der Waals surface area contributed by atoms with Crippen LogP contribution in [0.15, 0.2) is 47.4 Å². The molecule has 0 fully saturated rings. The van der Waals surface area contributed by atoms with Gasteiger partial charge in [0.2, 0.25) is 10.0 Å². The fourth-order valence-corrected chi connectivity index (χ4v) is 3.83. The van der Waals surface area contributed by atoms with Gasteiger partial charge in [0, 0.05) is 13.2 Å². The lowest BCUT2D eigenvalue weighted by Gasteiger charge is -2.13. The summed E-state index contributed by atoms with van der Waals surface area (Å²) >= 11 is 0. The first kappa shape index (κ1) is 20.1. The Balaban J connectivity index is 2.53. The van der Waals surface area contributed by atoms with Crippen molar-refractivity contribution in [2.45, 2.75) is 37.8 Å². The molecule has 1 atom stereocenters. The summed E-state index contributed by atoms with van der Waals surface area (Å²) in [6.07, 6.45) is -0.0689. The van der Waals surface area contributed by atoms with Crippen molar-refractivity contribution in [2.24, 2.45) is 0 Å². The number of rotatable bonds is 7. The monoisotopic (exact) mass is 377 g/mol. The molecule has 0 aliphatic carbocycles. The molecule has 0 aromatic heterocycles. The van der Waals surface area contributed by atoms with E-state index in [9.17, 15) is 18.3 Å². The lowest BCUT2D eigenvalue weighted by atomic mass is 10.0. The smallest absolute Gasteiger partial charge is 0.335 e. The molecule has 2 rings (SSSR count). The van der Waals surface area contributed by atoms with Gasteiger partial charge in [-0.2, -0.15) is 0 Å². The highest BCUT2D eigenvalue weighted by Gasteiger charge is 2.19. The molecule has 0 aliphatic heterocycles. The van der Waals surface area contributed by atoms with Crippen molar-refractivity contribution >= 4 is 16.0 Å². The summed E-state index contributed by atoms with van der Waals surface area (Å²) in [4.78, 5) is 11.4. The van der Waals surface area contributed by atoms with Crippen LogP contribution in [0.2, 0.25) is 0 Å². The Morgan fingerprint density at radius 3 is 2.15 bits per heavy atom. The van der Waals surface area contributed by atoms with Gasteiger partial charge in [0.05, 0.1) is 16.6 Å². The van der Waals surface area contributed by atoms with Gasteiger partial charge in [-0.3, -0.25) is 0 Å². The van der Waals surface area contributed by atoms with Crippen LogP contribution in [-0.4, -0.2) is 32.6 Å². The van der Waals surface area contributed by atoms with Crippen molar-refractivity contribution in [3.8, 4) is 11.1 Å². The maximum atomic E-state index is 12.5. The molecular weight excluding hydrogens is 354 g/mol. The molecule has 7 heteroatoms. The van der Waals surface area contributed by atoms with Gasteiger partial charge in [0.15, 0.2) is 0 Å². The number of sulfonamides is 1. The van der Waals surface area contributed by atoms with E-state index in [0.717, 1.165) is 17.2 Å². The van der Waals surface area contributed by atoms with Crippen molar-refractivity contribution in [2.75, 3.05) is 7.11 Å². The summed E-state index contributed by atoms with van der Waals surface area (Å²) in [5.41, 5.74) is 2.13. The largest absolute Gasteiger partial charge is 0.478 e. The van der Waals surface area contributed by atoms with Crippen molar-refractivity contribution < 1.29 is 23.1 Å². The molecule has 6 nitrogen and oxygen atoms in total. The van der Waals surface area contributed by atoms with Crippen LogP contribution in [-0.2, 0) is 14.8 Å². The van der Waals surface area contributed by atoms with Crippen molar-refractivity contribution in [3.05, 3.63) is 53.6 Å². The summed E-state index contributed by atoms with van der Waals surface area (Å²) in [6, 6.07) is 11.2. The quantitative estimate of drug-likeness (QED) is 0.771. The SMILES string of the molecule is COC(C)c1ccc(-c2cc(C(=O)O)cc(S(=O)(=O)NC(C)C)c2)cc1. The number of carboxylic acids is 1. The molecule has 2 N–H and O–H groups in total. The summed E-state index contributed by atoms with van der Waals surface area (Å²) < 4.78 is 32.7. The third kappa shape index (κ3) is 4.69. The zero-order valence-corrected chi connectivity index (χ0v) is 16.0.